The van der Waals surface area contributed by atoms with Crippen LogP contribution >= 0.6 is 0 Å². The van der Waals surface area contributed by atoms with Crippen LogP contribution in [0.4, 0.5) is 8.78 Å². The summed E-state index contributed by atoms with van der Waals surface area (Å²) in [6.45, 7) is 3.10. The molecule has 1 aliphatic carbocycles. The number of nitrogens with one attached hydrogen (secondary N) is 1. The molecule has 1 fully saturated rings. The minimum Gasteiger partial charge on any atom is -0.314 e. The third-order valence-electron chi connectivity index (χ3n) is 4.07. The first-order valence-corrected chi connectivity index (χ1v) is 7.37. The van der Waals surface area contributed by atoms with Gasteiger partial charge in [0, 0.05) is 6.04 Å². The van der Waals surface area contributed by atoms with Gasteiger partial charge in [0.05, 0.1) is 0 Å². The Kier molecular flexibility index (Phi) is 5.32. The summed E-state index contributed by atoms with van der Waals surface area (Å²) in [7, 11) is 0. The lowest BCUT2D eigenvalue weighted by atomic mass is 9.91. The molecule has 0 aromatic heterocycles. The molecule has 3 heteroatoms. The van der Waals surface area contributed by atoms with Crippen molar-refractivity contribution >= 4 is 0 Å². The monoisotopic (exact) mass is 267 g/mol. The molecule has 1 aromatic carbocycles. The Labute approximate surface area is 114 Å². The van der Waals surface area contributed by atoms with E-state index in [9.17, 15) is 8.78 Å². The number of hydrogen-bond acceptors (Lipinski definition) is 1. The molecule has 106 valence electrons. The first kappa shape index (κ1) is 14.4. The van der Waals surface area contributed by atoms with Gasteiger partial charge in [0.25, 0.3) is 0 Å². The third-order valence-corrected chi connectivity index (χ3v) is 4.07. The predicted octanol–water partition coefficient (Wildman–Crippen LogP) is 4.07. The summed E-state index contributed by atoms with van der Waals surface area (Å²) in [5.74, 6) is -0.927. The van der Waals surface area contributed by atoms with E-state index in [2.05, 4.69) is 12.2 Å². The maximum atomic E-state index is 13.7. The Balaban J connectivity index is 2.02. The summed E-state index contributed by atoms with van der Waals surface area (Å²) in [4.78, 5) is 0. The van der Waals surface area contributed by atoms with Gasteiger partial charge in [0.1, 0.15) is 0 Å². The van der Waals surface area contributed by atoms with Crippen molar-refractivity contribution in [3.8, 4) is 0 Å². The highest BCUT2D eigenvalue weighted by atomic mass is 19.2. The summed E-state index contributed by atoms with van der Waals surface area (Å²) in [5.41, 5.74) is 0.530. The molecular weight excluding hydrogens is 244 g/mol. The fourth-order valence-electron chi connectivity index (χ4n) is 3.14. The summed E-state index contributed by atoms with van der Waals surface area (Å²) >= 11 is 0. The van der Waals surface area contributed by atoms with Crippen LogP contribution in [0.25, 0.3) is 0 Å². The van der Waals surface area contributed by atoms with Gasteiger partial charge >= 0.3 is 0 Å². The molecule has 2 rings (SSSR count). The Bertz CT molecular complexity index is 406. The van der Waals surface area contributed by atoms with Crippen LogP contribution in [0.5, 0.6) is 0 Å². The van der Waals surface area contributed by atoms with E-state index in [-0.39, 0.29) is 0 Å². The Hall–Kier alpha value is -0.960. The smallest absolute Gasteiger partial charge is 0.162 e. The average molecular weight is 267 g/mol. The van der Waals surface area contributed by atoms with E-state index in [0.29, 0.717) is 23.9 Å². The van der Waals surface area contributed by atoms with E-state index in [4.69, 9.17) is 0 Å². The molecule has 0 bridgehead atoms. The zero-order valence-corrected chi connectivity index (χ0v) is 11.6. The zero-order valence-electron chi connectivity index (χ0n) is 11.6. The molecule has 0 heterocycles. The second-order valence-electron chi connectivity index (χ2n) is 5.56. The van der Waals surface area contributed by atoms with Crippen molar-refractivity contribution in [2.24, 2.45) is 5.92 Å². The molecule has 1 N–H and O–H groups in total. The zero-order chi connectivity index (χ0) is 13.7. The molecule has 1 aromatic rings. The molecule has 0 aliphatic heterocycles. The van der Waals surface area contributed by atoms with E-state index in [1.165, 1.54) is 25.3 Å². The van der Waals surface area contributed by atoms with Crippen LogP contribution in [-0.4, -0.2) is 12.6 Å². The number of halogens is 2. The highest BCUT2D eigenvalue weighted by Gasteiger charge is 2.21. The van der Waals surface area contributed by atoms with Gasteiger partial charge < -0.3 is 5.32 Å². The van der Waals surface area contributed by atoms with E-state index in [0.717, 1.165) is 19.4 Å². The topological polar surface area (TPSA) is 12.0 Å². The molecule has 2 unspecified atom stereocenters. The normalized spacial score (nSPS) is 24.2. The van der Waals surface area contributed by atoms with Gasteiger partial charge in [-0.2, -0.15) is 0 Å². The Morgan fingerprint density at radius 2 is 2.00 bits per heavy atom. The van der Waals surface area contributed by atoms with Gasteiger partial charge in [0.2, 0.25) is 0 Å². The molecule has 0 radical (unpaired) electrons. The standard InChI is InChI=1S/C16H23F2N/c1-2-19-14-8-4-3-6-12(11-14)10-13-7-5-9-15(17)16(13)18/h5,7,9,12,14,19H,2-4,6,8,10-11H2,1H3. The number of rotatable bonds is 4. The highest BCUT2D eigenvalue weighted by Crippen LogP contribution is 2.27. The fourth-order valence-corrected chi connectivity index (χ4v) is 3.14. The van der Waals surface area contributed by atoms with Gasteiger partial charge in [-0.1, -0.05) is 38.3 Å². The van der Waals surface area contributed by atoms with Gasteiger partial charge in [-0.05, 0) is 43.4 Å². The van der Waals surface area contributed by atoms with Crippen LogP contribution in [-0.2, 0) is 6.42 Å². The van der Waals surface area contributed by atoms with Crippen LogP contribution in [0.3, 0.4) is 0 Å². The average Bonchev–Trinajstić information content (AvgIpc) is 2.61. The SMILES string of the molecule is CCNC1CCCCC(Cc2cccc(F)c2F)C1. The minimum absolute atomic E-state index is 0.461. The lowest BCUT2D eigenvalue weighted by molar-refractivity contribution is 0.382. The van der Waals surface area contributed by atoms with E-state index in [1.807, 2.05) is 0 Å². The molecule has 1 nitrogen and oxygen atoms in total. The largest absolute Gasteiger partial charge is 0.314 e. The van der Waals surface area contributed by atoms with Crippen LogP contribution < -0.4 is 5.32 Å². The van der Waals surface area contributed by atoms with Gasteiger partial charge in [-0.15, -0.1) is 0 Å². The minimum atomic E-state index is -0.727. The van der Waals surface area contributed by atoms with Crippen molar-refractivity contribution in [1.29, 1.82) is 0 Å². The van der Waals surface area contributed by atoms with Gasteiger partial charge in [0.15, 0.2) is 11.6 Å². The molecule has 0 amide bonds. The summed E-state index contributed by atoms with van der Waals surface area (Å²) < 4.78 is 26.9. The van der Waals surface area contributed by atoms with Crippen LogP contribution in [0, 0.1) is 17.6 Å². The number of benzene rings is 1. The van der Waals surface area contributed by atoms with E-state index < -0.39 is 11.6 Å². The lowest BCUT2D eigenvalue weighted by Crippen LogP contribution is -2.30. The first-order chi connectivity index (χ1) is 9.20. The van der Waals surface area contributed by atoms with Crippen LogP contribution in [0.2, 0.25) is 0 Å². The quantitative estimate of drug-likeness (QED) is 0.811. The second kappa shape index (κ2) is 6.99. The Morgan fingerprint density at radius 1 is 1.21 bits per heavy atom. The van der Waals surface area contributed by atoms with E-state index in [1.54, 1.807) is 12.1 Å². The van der Waals surface area contributed by atoms with Crippen LogP contribution in [0.15, 0.2) is 18.2 Å². The fraction of sp³-hybridized carbons (Fsp3) is 0.625. The third kappa shape index (κ3) is 4.00. The van der Waals surface area contributed by atoms with Crippen molar-refractivity contribution in [1.82, 2.24) is 5.32 Å². The molecular formula is C16H23F2N. The first-order valence-electron chi connectivity index (χ1n) is 7.37. The van der Waals surface area contributed by atoms with Crippen LogP contribution in [0.1, 0.15) is 44.6 Å². The van der Waals surface area contributed by atoms with Crippen molar-refractivity contribution in [3.05, 3.63) is 35.4 Å². The van der Waals surface area contributed by atoms with Gasteiger partial charge in [-0.3, -0.25) is 0 Å². The molecule has 19 heavy (non-hydrogen) atoms. The maximum absolute atomic E-state index is 13.7. The molecule has 1 aliphatic rings. The van der Waals surface area contributed by atoms with Crippen molar-refractivity contribution in [3.63, 3.8) is 0 Å². The summed E-state index contributed by atoms with van der Waals surface area (Å²) in [6.07, 6.45) is 6.49. The summed E-state index contributed by atoms with van der Waals surface area (Å²) in [5, 5.41) is 3.50. The van der Waals surface area contributed by atoms with Gasteiger partial charge in [-0.25, -0.2) is 8.78 Å². The molecule has 1 saturated carbocycles. The Morgan fingerprint density at radius 3 is 2.79 bits per heavy atom. The van der Waals surface area contributed by atoms with Crippen molar-refractivity contribution in [2.45, 2.75) is 51.5 Å². The molecule has 2 atom stereocenters. The summed E-state index contributed by atoms with van der Waals surface area (Å²) in [6, 6.07) is 5.04. The highest BCUT2D eigenvalue weighted by molar-refractivity contribution is 5.19. The van der Waals surface area contributed by atoms with E-state index >= 15 is 0 Å². The molecule has 0 spiro atoms. The second-order valence-corrected chi connectivity index (χ2v) is 5.56. The molecule has 0 saturated heterocycles. The maximum Gasteiger partial charge on any atom is 0.162 e. The lowest BCUT2D eigenvalue weighted by Gasteiger charge is -2.21. The van der Waals surface area contributed by atoms with Crippen molar-refractivity contribution < 1.29 is 8.78 Å². The predicted molar refractivity (Wildman–Crippen MR) is 74.1 cm³/mol. The number of hydrogen-bond donors (Lipinski definition) is 1. The van der Waals surface area contributed by atoms with Crippen molar-refractivity contribution in [2.75, 3.05) is 6.54 Å².